The number of benzene rings is 3. The largest absolute Gasteiger partial charge is 0.289 e. The van der Waals surface area contributed by atoms with Crippen molar-refractivity contribution < 1.29 is 9.59 Å². The fourth-order valence-corrected chi connectivity index (χ4v) is 3.90. The van der Waals surface area contributed by atoms with Crippen molar-refractivity contribution in [2.75, 3.05) is 0 Å². The van der Waals surface area contributed by atoms with Crippen molar-refractivity contribution in [2.24, 2.45) is 0 Å². The van der Waals surface area contributed by atoms with Crippen molar-refractivity contribution in [1.29, 1.82) is 0 Å². The standard InChI is InChI=1S/C26H17N3O2/c1-3-17-7-6-8-19(13-17)24-15-29(28-27-24)16(2)18-11-12-22-23(14-18)26(31)21-10-5-4-9-20(21)25(22)30/h1,4-16H,2H3. The van der Waals surface area contributed by atoms with E-state index in [2.05, 4.69) is 16.2 Å². The molecule has 0 bridgehead atoms. The first-order valence-corrected chi connectivity index (χ1v) is 9.88. The highest BCUT2D eigenvalue weighted by atomic mass is 16.1. The Balaban J connectivity index is 1.50. The average Bonchev–Trinajstić information content (AvgIpc) is 3.32. The summed E-state index contributed by atoms with van der Waals surface area (Å²) in [5.41, 5.74) is 5.00. The van der Waals surface area contributed by atoms with Gasteiger partial charge in [0.1, 0.15) is 5.69 Å². The molecular formula is C26H17N3O2. The molecule has 1 atom stereocenters. The lowest BCUT2D eigenvalue weighted by atomic mass is 9.83. The number of rotatable bonds is 3. The van der Waals surface area contributed by atoms with Crippen LogP contribution in [0.25, 0.3) is 11.3 Å². The first-order chi connectivity index (χ1) is 15.1. The lowest BCUT2D eigenvalue weighted by Crippen LogP contribution is -2.21. The van der Waals surface area contributed by atoms with Gasteiger partial charge in [0.25, 0.3) is 0 Å². The number of ketones is 2. The highest BCUT2D eigenvalue weighted by Gasteiger charge is 2.30. The molecule has 1 aromatic heterocycles. The fraction of sp³-hybridized carbons (Fsp3) is 0.0769. The number of terminal acetylenes is 1. The molecule has 3 aromatic carbocycles. The van der Waals surface area contributed by atoms with Crippen LogP contribution in [0, 0.1) is 12.3 Å². The third-order valence-electron chi connectivity index (χ3n) is 5.66. The van der Waals surface area contributed by atoms with Crippen molar-refractivity contribution in [1.82, 2.24) is 15.0 Å². The minimum Gasteiger partial charge on any atom is -0.289 e. The average molecular weight is 403 g/mol. The smallest absolute Gasteiger partial charge is 0.194 e. The van der Waals surface area contributed by atoms with E-state index in [1.807, 2.05) is 43.5 Å². The molecule has 31 heavy (non-hydrogen) atoms. The molecule has 148 valence electrons. The SMILES string of the molecule is C#Cc1cccc(-c2cn(C(C)c3ccc4c(c3)C(=O)c3ccccc3C4=O)nn2)c1. The summed E-state index contributed by atoms with van der Waals surface area (Å²) < 4.78 is 1.74. The van der Waals surface area contributed by atoms with E-state index in [0.717, 1.165) is 16.7 Å². The van der Waals surface area contributed by atoms with Crippen LogP contribution in [0.5, 0.6) is 0 Å². The molecule has 0 saturated heterocycles. The van der Waals surface area contributed by atoms with Gasteiger partial charge in [-0.1, -0.05) is 53.6 Å². The van der Waals surface area contributed by atoms with Crippen LogP contribution in [-0.4, -0.2) is 26.6 Å². The molecule has 0 fully saturated rings. The number of aromatic nitrogens is 3. The van der Waals surface area contributed by atoms with Crippen LogP contribution in [0.2, 0.25) is 0 Å². The van der Waals surface area contributed by atoms with Crippen molar-refractivity contribution in [3.8, 4) is 23.6 Å². The number of hydrogen-bond donors (Lipinski definition) is 0. The van der Waals surface area contributed by atoms with E-state index >= 15 is 0 Å². The van der Waals surface area contributed by atoms with Gasteiger partial charge in [-0.25, -0.2) is 4.68 Å². The highest BCUT2D eigenvalue weighted by Crippen LogP contribution is 2.30. The Hall–Kier alpha value is -4.30. The zero-order valence-corrected chi connectivity index (χ0v) is 16.7. The molecule has 1 aliphatic carbocycles. The van der Waals surface area contributed by atoms with E-state index in [-0.39, 0.29) is 17.6 Å². The molecule has 1 heterocycles. The van der Waals surface area contributed by atoms with E-state index in [1.54, 1.807) is 41.1 Å². The number of carbonyl (C=O) groups is 2. The second-order valence-electron chi connectivity index (χ2n) is 7.49. The summed E-state index contributed by atoms with van der Waals surface area (Å²) >= 11 is 0. The van der Waals surface area contributed by atoms with Gasteiger partial charge in [0, 0.05) is 33.4 Å². The summed E-state index contributed by atoms with van der Waals surface area (Å²) in [6, 6.07) is 19.7. The monoisotopic (exact) mass is 403 g/mol. The number of fused-ring (bicyclic) bond motifs is 2. The molecule has 4 aromatic rings. The van der Waals surface area contributed by atoms with Crippen LogP contribution in [0.15, 0.2) is 72.9 Å². The Labute approximate surface area is 179 Å². The van der Waals surface area contributed by atoms with Gasteiger partial charge in [-0.3, -0.25) is 9.59 Å². The lowest BCUT2D eigenvalue weighted by molar-refractivity contribution is 0.0979. The summed E-state index contributed by atoms with van der Waals surface area (Å²) in [6.45, 7) is 1.97. The molecule has 5 heteroatoms. The Kier molecular flexibility index (Phi) is 4.34. The summed E-state index contributed by atoms with van der Waals surface area (Å²) in [5, 5.41) is 8.55. The van der Waals surface area contributed by atoms with Crippen molar-refractivity contribution in [2.45, 2.75) is 13.0 Å². The second kappa shape index (κ2) is 7.19. The van der Waals surface area contributed by atoms with Crippen molar-refractivity contribution in [3.05, 3.63) is 106 Å². The Bertz CT molecular complexity index is 1410. The van der Waals surface area contributed by atoms with E-state index in [4.69, 9.17) is 6.42 Å². The zero-order valence-electron chi connectivity index (χ0n) is 16.7. The van der Waals surface area contributed by atoms with E-state index in [0.29, 0.717) is 27.9 Å². The first kappa shape index (κ1) is 18.7. The van der Waals surface area contributed by atoms with Gasteiger partial charge in [0.05, 0.1) is 12.2 Å². The predicted molar refractivity (Wildman–Crippen MR) is 117 cm³/mol. The molecule has 0 spiro atoms. The maximum absolute atomic E-state index is 13.0. The van der Waals surface area contributed by atoms with Gasteiger partial charge >= 0.3 is 0 Å². The van der Waals surface area contributed by atoms with Crippen LogP contribution < -0.4 is 0 Å². The topological polar surface area (TPSA) is 64.8 Å². The molecule has 5 rings (SSSR count). The summed E-state index contributed by atoms with van der Waals surface area (Å²) in [4.78, 5) is 25.8. The molecule has 0 amide bonds. The van der Waals surface area contributed by atoms with Crippen LogP contribution >= 0.6 is 0 Å². The third kappa shape index (κ3) is 3.06. The third-order valence-corrected chi connectivity index (χ3v) is 5.66. The van der Waals surface area contributed by atoms with Crippen molar-refractivity contribution >= 4 is 11.6 Å². The quantitative estimate of drug-likeness (QED) is 0.421. The predicted octanol–water partition coefficient (Wildman–Crippen LogP) is 4.31. The summed E-state index contributed by atoms with van der Waals surface area (Å²) in [6.07, 6.45) is 7.34. The molecule has 0 N–H and O–H groups in total. The van der Waals surface area contributed by atoms with Crippen molar-refractivity contribution in [3.63, 3.8) is 0 Å². The van der Waals surface area contributed by atoms with Crippen LogP contribution in [0.1, 0.15) is 55.9 Å². The van der Waals surface area contributed by atoms with E-state index in [1.165, 1.54) is 0 Å². The van der Waals surface area contributed by atoms with Gasteiger partial charge in [-0.05, 0) is 36.8 Å². The second-order valence-corrected chi connectivity index (χ2v) is 7.49. The molecule has 1 aliphatic rings. The van der Waals surface area contributed by atoms with Crippen LogP contribution in [0.3, 0.4) is 0 Å². The van der Waals surface area contributed by atoms with Gasteiger partial charge in [-0.2, -0.15) is 0 Å². The molecule has 0 aliphatic heterocycles. The van der Waals surface area contributed by atoms with E-state index < -0.39 is 0 Å². The molecular weight excluding hydrogens is 386 g/mol. The van der Waals surface area contributed by atoms with Gasteiger partial charge in [0.2, 0.25) is 0 Å². The number of carbonyl (C=O) groups excluding carboxylic acids is 2. The van der Waals surface area contributed by atoms with Gasteiger partial charge < -0.3 is 0 Å². The maximum atomic E-state index is 13.0. The summed E-state index contributed by atoms with van der Waals surface area (Å²) in [7, 11) is 0. The summed E-state index contributed by atoms with van der Waals surface area (Å²) in [5.74, 6) is 2.36. The minimum atomic E-state index is -0.178. The fourth-order valence-electron chi connectivity index (χ4n) is 3.90. The molecule has 1 unspecified atom stereocenters. The normalized spacial score (nSPS) is 13.3. The molecule has 0 radical (unpaired) electrons. The van der Waals surface area contributed by atoms with Gasteiger partial charge in [0.15, 0.2) is 11.6 Å². The number of hydrogen-bond acceptors (Lipinski definition) is 4. The Morgan fingerprint density at radius 1 is 0.871 bits per heavy atom. The van der Waals surface area contributed by atoms with E-state index in [9.17, 15) is 9.59 Å². The lowest BCUT2D eigenvalue weighted by Gasteiger charge is -2.19. The zero-order chi connectivity index (χ0) is 21.5. The Morgan fingerprint density at radius 2 is 1.58 bits per heavy atom. The van der Waals surface area contributed by atoms with Crippen LogP contribution in [0.4, 0.5) is 0 Å². The highest BCUT2D eigenvalue weighted by molar-refractivity contribution is 6.28. The Morgan fingerprint density at radius 3 is 2.32 bits per heavy atom. The molecule has 0 saturated carbocycles. The maximum Gasteiger partial charge on any atom is 0.194 e. The minimum absolute atomic E-state index is 0.124. The first-order valence-electron chi connectivity index (χ1n) is 9.88. The molecule has 5 nitrogen and oxygen atoms in total. The number of nitrogens with zero attached hydrogens (tertiary/aromatic N) is 3. The van der Waals surface area contributed by atoms with Crippen LogP contribution in [-0.2, 0) is 0 Å². The van der Waals surface area contributed by atoms with Gasteiger partial charge in [-0.15, -0.1) is 11.5 Å².